The summed E-state index contributed by atoms with van der Waals surface area (Å²) in [5.41, 5.74) is 1.27. The minimum Gasteiger partial charge on any atom is -0.298 e. The molecule has 0 aromatic heterocycles. The molecule has 0 spiro atoms. The van der Waals surface area contributed by atoms with Crippen LogP contribution in [-0.4, -0.2) is 29.8 Å². The number of likely N-dealkylation sites (tertiary alicyclic amines) is 1. The number of Topliss-reactive ketones (excluding diaryl/α,β-unsaturated/α-hetero) is 1. The summed E-state index contributed by atoms with van der Waals surface area (Å²) in [6.45, 7) is 6.69. The van der Waals surface area contributed by atoms with E-state index < -0.39 is 0 Å². The summed E-state index contributed by atoms with van der Waals surface area (Å²) in [5.74, 6) is 1.16. The van der Waals surface area contributed by atoms with Crippen LogP contribution in [-0.2, 0) is 11.2 Å². The zero-order valence-corrected chi connectivity index (χ0v) is 12.8. The number of rotatable bonds is 7. The first kappa shape index (κ1) is 15.2. The fraction of sp³-hybridized carbons (Fsp3) is 0.611. The number of hydrogen-bond acceptors (Lipinski definition) is 2. The topological polar surface area (TPSA) is 20.3 Å². The largest absolute Gasteiger partial charge is 0.298 e. The van der Waals surface area contributed by atoms with Gasteiger partial charge < -0.3 is 0 Å². The third-order valence-corrected chi connectivity index (χ3v) is 4.23. The first-order chi connectivity index (χ1) is 9.66. The van der Waals surface area contributed by atoms with Crippen molar-refractivity contribution < 1.29 is 4.79 Å². The predicted octanol–water partition coefficient (Wildman–Crippen LogP) is 3.70. The molecule has 1 aliphatic rings. The Labute approximate surface area is 123 Å². The maximum Gasteiger partial charge on any atom is 0.150 e. The van der Waals surface area contributed by atoms with E-state index in [9.17, 15) is 4.79 Å². The maximum absolute atomic E-state index is 12.4. The minimum absolute atomic E-state index is 0.192. The highest BCUT2D eigenvalue weighted by molar-refractivity contribution is 5.84. The van der Waals surface area contributed by atoms with Crippen LogP contribution in [0.3, 0.4) is 0 Å². The molecular weight excluding hydrogens is 246 g/mol. The van der Waals surface area contributed by atoms with Crippen molar-refractivity contribution in [2.24, 2.45) is 5.92 Å². The average molecular weight is 273 g/mol. The summed E-state index contributed by atoms with van der Waals surface area (Å²) in [7, 11) is 0. The first-order valence-corrected chi connectivity index (χ1v) is 7.97. The Bertz CT molecular complexity index is 413. The Balaban J connectivity index is 1.81. The molecule has 0 saturated carbocycles. The Morgan fingerprint density at radius 3 is 2.75 bits per heavy atom. The first-order valence-electron chi connectivity index (χ1n) is 7.97. The monoisotopic (exact) mass is 273 g/mol. The molecule has 1 fully saturated rings. The van der Waals surface area contributed by atoms with Gasteiger partial charge in [-0.2, -0.15) is 0 Å². The van der Waals surface area contributed by atoms with Crippen LogP contribution in [0.4, 0.5) is 0 Å². The van der Waals surface area contributed by atoms with Gasteiger partial charge in [0.1, 0.15) is 5.78 Å². The molecule has 1 aromatic rings. The minimum atomic E-state index is 0.192. The fourth-order valence-electron chi connectivity index (χ4n) is 2.96. The predicted molar refractivity (Wildman–Crippen MR) is 83.8 cm³/mol. The van der Waals surface area contributed by atoms with Crippen LogP contribution in [0.2, 0.25) is 0 Å². The van der Waals surface area contributed by atoms with E-state index in [1.54, 1.807) is 0 Å². The van der Waals surface area contributed by atoms with Gasteiger partial charge in [0.15, 0.2) is 0 Å². The molecule has 20 heavy (non-hydrogen) atoms. The van der Waals surface area contributed by atoms with Gasteiger partial charge in [0.2, 0.25) is 0 Å². The highest BCUT2D eigenvalue weighted by Crippen LogP contribution is 2.21. The fourth-order valence-corrected chi connectivity index (χ4v) is 2.96. The van der Waals surface area contributed by atoms with Gasteiger partial charge in [0.05, 0.1) is 6.04 Å². The highest BCUT2D eigenvalue weighted by Gasteiger charge is 2.29. The van der Waals surface area contributed by atoms with Crippen LogP contribution in [0.15, 0.2) is 30.3 Å². The second-order valence-electron chi connectivity index (χ2n) is 6.33. The molecule has 1 aliphatic heterocycles. The molecule has 2 heteroatoms. The third kappa shape index (κ3) is 4.45. The molecule has 110 valence electrons. The molecule has 0 amide bonds. The second kappa shape index (κ2) is 7.58. The molecule has 0 unspecified atom stereocenters. The summed E-state index contributed by atoms with van der Waals surface area (Å²) in [5, 5.41) is 0. The molecule has 2 rings (SSSR count). The van der Waals surface area contributed by atoms with Crippen LogP contribution in [0, 0.1) is 5.92 Å². The number of carbonyl (C=O) groups excluding carboxylic acids is 1. The van der Waals surface area contributed by atoms with Crippen molar-refractivity contribution in [2.45, 2.75) is 52.0 Å². The summed E-state index contributed by atoms with van der Waals surface area (Å²) in [6.07, 6.45) is 5.01. The van der Waals surface area contributed by atoms with E-state index in [4.69, 9.17) is 0 Å². The molecule has 0 aliphatic carbocycles. The maximum atomic E-state index is 12.4. The highest BCUT2D eigenvalue weighted by atomic mass is 16.1. The number of aryl methyl sites for hydroxylation is 1. The number of nitrogens with zero attached hydrogens (tertiary/aromatic N) is 1. The lowest BCUT2D eigenvalue weighted by Gasteiger charge is -2.24. The van der Waals surface area contributed by atoms with E-state index in [1.807, 2.05) is 18.2 Å². The molecule has 0 bridgehead atoms. The lowest BCUT2D eigenvalue weighted by atomic mass is 10.0. The standard InChI is InChI=1S/C18H27NO/c1-15(2)12-14-19-13-6-9-17(19)18(20)11-10-16-7-4-3-5-8-16/h3-5,7-8,15,17H,6,9-14H2,1-2H3/t17-/m0/s1. The van der Waals surface area contributed by atoms with Crippen molar-refractivity contribution in [3.05, 3.63) is 35.9 Å². The van der Waals surface area contributed by atoms with E-state index in [0.29, 0.717) is 12.2 Å². The van der Waals surface area contributed by atoms with Gasteiger partial charge in [-0.3, -0.25) is 9.69 Å². The molecule has 0 N–H and O–H groups in total. The van der Waals surface area contributed by atoms with Gasteiger partial charge in [0, 0.05) is 6.42 Å². The Hall–Kier alpha value is -1.15. The molecule has 1 aromatic carbocycles. The van der Waals surface area contributed by atoms with E-state index >= 15 is 0 Å². The zero-order valence-electron chi connectivity index (χ0n) is 12.8. The second-order valence-corrected chi connectivity index (χ2v) is 6.33. The quantitative estimate of drug-likeness (QED) is 0.755. The summed E-state index contributed by atoms with van der Waals surface area (Å²) >= 11 is 0. The zero-order chi connectivity index (χ0) is 14.4. The normalized spacial score (nSPS) is 19.6. The van der Waals surface area contributed by atoms with E-state index in [0.717, 1.165) is 31.8 Å². The van der Waals surface area contributed by atoms with Crippen molar-refractivity contribution in [3.63, 3.8) is 0 Å². The van der Waals surface area contributed by atoms with Crippen LogP contribution < -0.4 is 0 Å². The van der Waals surface area contributed by atoms with Gasteiger partial charge in [-0.15, -0.1) is 0 Å². The van der Waals surface area contributed by atoms with Gasteiger partial charge in [-0.05, 0) is 50.3 Å². The SMILES string of the molecule is CC(C)CCN1CCC[C@H]1C(=O)CCc1ccccc1. The number of carbonyl (C=O) groups is 1. The number of hydrogen-bond donors (Lipinski definition) is 0. The van der Waals surface area contributed by atoms with Crippen LogP contribution in [0.25, 0.3) is 0 Å². The van der Waals surface area contributed by atoms with E-state index in [-0.39, 0.29) is 6.04 Å². The van der Waals surface area contributed by atoms with Crippen molar-refractivity contribution in [2.75, 3.05) is 13.1 Å². The molecule has 0 radical (unpaired) electrons. The molecule has 1 heterocycles. The lowest BCUT2D eigenvalue weighted by Crippen LogP contribution is -2.37. The summed E-state index contributed by atoms with van der Waals surface area (Å²) < 4.78 is 0. The molecule has 1 saturated heterocycles. The molecule has 1 atom stereocenters. The van der Waals surface area contributed by atoms with Crippen molar-refractivity contribution in [3.8, 4) is 0 Å². The number of benzene rings is 1. The van der Waals surface area contributed by atoms with Crippen molar-refractivity contribution >= 4 is 5.78 Å². The van der Waals surface area contributed by atoms with Gasteiger partial charge >= 0.3 is 0 Å². The molecule has 2 nitrogen and oxygen atoms in total. The van der Waals surface area contributed by atoms with Gasteiger partial charge in [-0.1, -0.05) is 44.2 Å². The van der Waals surface area contributed by atoms with Crippen LogP contribution in [0.5, 0.6) is 0 Å². The lowest BCUT2D eigenvalue weighted by molar-refractivity contribution is -0.123. The van der Waals surface area contributed by atoms with Gasteiger partial charge in [-0.25, -0.2) is 0 Å². The van der Waals surface area contributed by atoms with Crippen molar-refractivity contribution in [1.82, 2.24) is 4.90 Å². The van der Waals surface area contributed by atoms with Crippen LogP contribution in [0.1, 0.15) is 45.1 Å². The summed E-state index contributed by atoms with van der Waals surface area (Å²) in [4.78, 5) is 14.8. The Morgan fingerprint density at radius 2 is 2.05 bits per heavy atom. The van der Waals surface area contributed by atoms with E-state index in [2.05, 4.69) is 30.9 Å². The Morgan fingerprint density at radius 1 is 1.30 bits per heavy atom. The summed E-state index contributed by atoms with van der Waals surface area (Å²) in [6, 6.07) is 10.5. The average Bonchev–Trinajstić information content (AvgIpc) is 2.92. The smallest absolute Gasteiger partial charge is 0.150 e. The Kier molecular flexibility index (Phi) is 5.78. The molecular formula is C18H27NO. The van der Waals surface area contributed by atoms with E-state index in [1.165, 1.54) is 18.4 Å². The number of ketones is 1. The van der Waals surface area contributed by atoms with Crippen molar-refractivity contribution in [1.29, 1.82) is 0 Å². The van der Waals surface area contributed by atoms with Crippen LogP contribution >= 0.6 is 0 Å². The van der Waals surface area contributed by atoms with Gasteiger partial charge in [0.25, 0.3) is 0 Å². The third-order valence-electron chi connectivity index (χ3n) is 4.23.